The van der Waals surface area contributed by atoms with E-state index in [1.54, 1.807) is 30.3 Å². The van der Waals surface area contributed by atoms with E-state index in [0.717, 1.165) is 23.2 Å². The van der Waals surface area contributed by atoms with Gasteiger partial charge in [0.2, 0.25) is 5.91 Å². The second-order valence-electron chi connectivity index (χ2n) is 7.01. The molecule has 3 N–H and O–H groups in total. The Morgan fingerprint density at radius 3 is 2.41 bits per heavy atom. The number of carbonyl (C=O) groups is 2. The third kappa shape index (κ3) is 5.42. The molecule has 0 bridgehead atoms. The number of carboxylic acid groups (broad SMARTS) is 1. The molecule has 0 saturated carbocycles. The minimum Gasteiger partial charge on any atom is -0.506 e. The van der Waals surface area contributed by atoms with E-state index in [1.165, 1.54) is 12.3 Å². The summed E-state index contributed by atoms with van der Waals surface area (Å²) in [6.45, 7) is 1.98. The Balaban J connectivity index is 1.58. The highest BCUT2D eigenvalue weighted by Gasteiger charge is 2.14. The highest BCUT2D eigenvalue weighted by Crippen LogP contribution is 2.21. The molecule has 1 heterocycles. The number of anilines is 1. The van der Waals surface area contributed by atoms with E-state index in [0.29, 0.717) is 5.69 Å². The lowest BCUT2D eigenvalue weighted by molar-refractivity contribution is -0.116. The maximum atomic E-state index is 12.3. The van der Waals surface area contributed by atoms with Gasteiger partial charge < -0.3 is 15.5 Å². The van der Waals surface area contributed by atoms with Crippen molar-refractivity contribution in [3.8, 4) is 17.0 Å². The van der Waals surface area contributed by atoms with Gasteiger partial charge in [-0.15, -0.1) is 0 Å². The number of aromatic carboxylic acids is 1. The summed E-state index contributed by atoms with van der Waals surface area (Å²) in [4.78, 5) is 27.8. The van der Waals surface area contributed by atoms with Crippen LogP contribution >= 0.6 is 0 Å². The molecule has 1 atom stereocenters. The van der Waals surface area contributed by atoms with Crippen molar-refractivity contribution in [2.45, 2.75) is 19.8 Å². The number of pyridine rings is 1. The lowest BCUT2D eigenvalue weighted by atomic mass is 9.96. The molecule has 0 aliphatic rings. The number of nitrogens with one attached hydrogen (secondary N) is 1. The first-order chi connectivity index (χ1) is 13.9. The first kappa shape index (κ1) is 20.1. The van der Waals surface area contributed by atoms with Gasteiger partial charge in [0.05, 0.1) is 23.1 Å². The van der Waals surface area contributed by atoms with Crippen LogP contribution < -0.4 is 5.32 Å². The molecule has 0 radical (unpaired) electrons. The second kappa shape index (κ2) is 9.01. The predicted octanol–water partition coefficient (Wildman–Crippen LogP) is 4.36. The lowest BCUT2D eigenvalue weighted by Gasteiger charge is -2.13. The molecule has 3 aromatic rings. The van der Waals surface area contributed by atoms with Crippen LogP contribution in [0.15, 0.2) is 66.9 Å². The summed E-state index contributed by atoms with van der Waals surface area (Å²) in [5.74, 6) is -1.07. The summed E-state index contributed by atoms with van der Waals surface area (Å²) in [7, 11) is 0. The third-order valence-corrected chi connectivity index (χ3v) is 4.55. The summed E-state index contributed by atoms with van der Waals surface area (Å²) >= 11 is 0. The molecule has 0 spiro atoms. The van der Waals surface area contributed by atoms with Gasteiger partial charge in [0.1, 0.15) is 5.75 Å². The molecular weight excluding hydrogens is 368 g/mol. The Kier molecular flexibility index (Phi) is 6.24. The largest absolute Gasteiger partial charge is 0.506 e. The van der Waals surface area contributed by atoms with Crippen LogP contribution in [-0.4, -0.2) is 27.1 Å². The van der Waals surface area contributed by atoms with Crippen LogP contribution in [0, 0.1) is 5.92 Å². The normalized spacial score (nSPS) is 11.6. The lowest BCUT2D eigenvalue weighted by Crippen LogP contribution is -2.18. The Hall–Kier alpha value is -3.67. The standard InChI is InChI=1S/C23H22N2O4/c1-15(13-22(27)25-21-5-3-2-4-19(21)23(28)29)12-16-6-8-17(9-7-16)20-11-10-18(26)14-24-20/h2-11,14-15,26H,12-13H2,1H3,(H,25,27)(H,28,29). The van der Waals surface area contributed by atoms with Crippen LogP contribution in [0.5, 0.6) is 5.75 Å². The number of nitrogens with zero attached hydrogens (tertiary/aromatic N) is 1. The van der Waals surface area contributed by atoms with Gasteiger partial charge in [0.25, 0.3) is 0 Å². The minimum absolute atomic E-state index is 0.0759. The van der Waals surface area contributed by atoms with Crippen molar-refractivity contribution in [1.29, 1.82) is 0 Å². The number of hydrogen-bond acceptors (Lipinski definition) is 4. The van der Waals surface area contributed by atoms with Gasteiger partial charge in [0, 0.05) is 12.0 Å². The molecule has 1 amide bonds. The molecule has 3 rings (SSSR count). The zero-order valence-electron chi connectivity index (χ0n) is 16.0. The summed E-state index contributed by atoms with van der Waals surface area (Å²) in [5, 5.41) is 21.2. The van der Waals surface area contributed by atoms with Gasteiger partial charge in [-0.2, -0.15) is 0 Å². The summed E-state index contributed by atoms with van der Waals surface area (Å²) in [6.07, 6.45) is 2.42. The minimum atomic E-state index is -1.07. The summed E-state index contributed by atoms with van der Waals surface area (Å²) in [5.41, 5.74) is 3.21. The average molecular weight is 390 g/mol. The molecule has 0 fully saturated rings. The van der Waals surface area contributed by atoms with Crippen LogP contribution in [0.2, 0.25) is 0 Å². The molecule has 2 aromatic carbocycles. The van der Waals surface area contributed by atoms with Gasteiger partial charge in [-0.3, -0.25) is 9.78 Å². The number of aromatic hydroxyl groups is 1. The van der Waals surface area contributed by atoms with Crippen LogP contribution in [0.4, 0.5) is 5.69 Å². The molecule has 0 aliphatic heterocycles. The molecule has 6 nitrogen and oxygen atoms in total. The Labute approximate surface area is 168 Å². The SMILES string of the molecule is CC(CC(=O)Nc1ccccc1C(=O)O)Cc1ccc(-c2ccc(O)cn2)cc1. The Morgan fingerprint density at radius 1 is 1.03 bits per heavy atom. The van der Waals surface area contributed by atoms with Crippen molar-refractivity contribution >= 4 is 17.6 Å². The topological polar surface area (TPSA) is 99.5 Å². The first-order valence-electron chi connectivity index (χ1n) is 9.29. The number of benzene rings is 2. The molecule has 148 valence electrons. The van der Waals surface area contributed by atoms with E-state index in [-0.39, 0.29) is 29.6 Å². The number of carbonyl (C=O) groups excluding carboxylic acids is 1. The van der Waals surface area contributed by atoms with Gasteiger partial charge in [-0.05, 0) is 42.2 Å². The summed E-state index contributed by atoms with van der Waals surface area (Å²) < 4.78 is 0. The van der Waals surface area contributed by atoms with Gasteiger partial charge >= 0.3 is 5.97 Å². The number of para-hydroxylation sites is 1. The smallest absolute Gasteiger partial charge is 0.337 e. The molecule has 1 aromatic heterocycles. The number of aromatic nitrogens is 1. The van der Waals surface area contributed by atoms with E-state index in [2.05, 4.69) is 10.3 Å². The molecule has 0 saturated heterocycles. The third-order valence-electron chi connectivity index (χ3n) is 4.55. The Bertz CT molecular complexity index is 998. The van der Waals surface area contributed by atoms with Crippen LogP contribution in [0.1, 0.15) is 29.3 Å². The van der Waals surface area contributed by atoms with Crippen LogP contribution in [0.3, 0.4) is 0 Å². The van der Waals surface area contributed by atoms with Crippen LogP contribution in [0.25, 0.3) is 11.3 Å². The number of carboxylic acids is 1. The fourth-order valence-electron chi connectivity index (χ4n) is 3.14. The monoisotopic (exact) mass is 390 g/mol. The van der Waals surface area contributed by atoms with Crippen molar-refractivity contribution < 1.29 is 19.8 Å². The fourth-order valence-corrected chi connectivity index (χ4v) is 3.14. The number of hydrogen-bond donors (Lipinski definition) is 3. The summed E-state index contributed by atoms with van der Waals surface area (Å²) in [6, 6.07) is 17.6. The first-order valence-corrected chi connectivity index (χ1v) is 9.29. The second-order valence-corrected chi connectivity index (χ2v) is 7.01. The van der Waals surface area contributed by atoms with Crippen LogP contribution in [-0.2, 0) is 11.2 Å². The molecule has 29 heavy (non-hydrogen) atoms. The van der Waals surface area contributed by atoms with Gasteiger partial charge in [-0.1, -0.05) is 43.3 Å². The van der Waals surface area contributed by atoms with Gasteiger partial charge in [0.15, 0.2) is 0 Å². The van der Waals surface area contributed by atoms with E-state index in [1.807, 2.05) is 31.2 Å². The van der Waals surface area contributed by atoms with E-state index in [9.17, 15) is 19.8 Å². The number of rotatable bonds is 7. The van der Waals surface area contributed by atoms with Crippen molar-refractivity contribution in [2.75, 3.05) is 5.32 Å². The zero-order chi connectivity index (χ0) is 20.8. The molecular formula is C23H22N2O4. The van der Waals surface area contributed by atoms with Crippen molar-refractivity contribution in [3.63, 3.8) is 0 Å². The van der Waals surface area contributed by atoms with Crippen molar-refractivity contribution in [3.05, 3.63) is 78.0 Å². The van der Waals surface area contributed by atoms with Gasteiger partial charge in [-0.25, -0.2) is 4.79 Å². The maximum absolute atomic E-state index is 12.3. The molecule has 0 aliphatic carbocycles. The van der Waals surface area contributed by atoms with Crippen molar-refractivity contribution in [2.24, 2.45) is 5.92 Å². The molecule has 1 unspecified atom stereocenters. The average Bonchev–Trinajstić information content (AvgIpc) is 2.69. The quantitative estimate of drug-likeness (QED) is 0.557. The van der Waals surface area contributed by atoms with E-state index in [4.69, 9.17) is 0 Å². The zero-order valence-corrected chi connectivity index (χ0v) is 16.0. The highest BCUT2D eigenvalue weighted by molar-refractivity contribution is 6.00. The highest BCUT2D eigenvalue weighted by atomic mass is 16.4. The molecule has 6 heteroatoms. The Morgan fingerprint density at radius 2 is 1.76 bits per heavy atom. The number of amides is 1. The predicted molar refractivity (Wildman–Crippen MR) is 111 cm³/mol. The van der Waals surface area contributed by atoms with E-state index < -0.39 is 5.97 Å². The fraction of sp³-hybridized carbons (Fsp3) is 0.174. The van der Waals surface area contributed by atoms with E-state index >= 15 is 0 Å². The van der Waals surface area contributed by atoms with Crippen molar-refractivity contribution in [1.82, 2.24) is 4.98 Å². The maximum Gasteiger partial charge on any atom is 0.337 e.